The number of hydrogen-bond acceptors (Lipinski definition) is 3. The average molecular weight is 224 g/mol. The Morgan fingerprint density at radius 3 is 2.56 bits per heavy atom. The molecule has 1 atom stereocenters. The van der Waals surface area contributed by atoms with Gasteiger partial charge in [0, 0.05) is 0 Å². The lowest BCUT2D eigenvalue weighted by molar-refractivity contribution is -0.145. The van der Waals surface area contributed by atoms with E-state index < -0.39 is 24.3 Å². The van der Waals surface area contributed by atoms with Gasteiger partial charge in [0.1, 0.15) is 5.75 Å². The number of carbonyl (C=O) groups is 2. The first kappa shape index (κ1) is 12.0. The Labute approximate surface area is 92.3 Å². The smallest absolute Gasteiger partial charge is 0.311 e. The quantitative estimate of drug-likeness (QED) is 0.788. The normalized spacial score (nSPS) is 11.8. The second-order valence-electron chi connectivity index (χ2n) is 3.27. The third kappa shape index (κ3) is 2.98. The van der Waals surface area contributed by atoms with Crippen LogP contribution in [0.3, 0.4) is 0 Å². The highest BCUT2D eigenvalue weighted by Crippen LogP contribution is 2.23. The summed E-state index contributed by atoms with van der Waals surface area (Å²) in [5, 5.41) is 17.6. The van der Waals surface area contributed by atoms with Crippen molar-refractivity contribution in [2.75, 3.05) is 7.11 Å². The maximum absolute atomic E-state index is 10.9. The van der Waals surface area contributed by atoms with Gasteiger partial charge in [-0.1, -0.05) is 12.1 Å². The molecule has 0 aromatic heterocycles. The molecule has 0 aliphatic carbocycles. The first-order chi connectivity index (χ1) is 7.54. The zero-order chi connectivity index (χ0) is 12.1. The number of benzene rings is 1. The molecule has 0 saturated heterocycles. The molecule has 0 saturated carbocycles. The van der Waals surface area contributed by atoms with Gasteiger partial charge >= 0.3 is 11.9 Å². The van der Waals surface area contributed by atoms with Crippen molar-refractivity contribution in [1.82, 2.24) is 0 Å². The van der Waals surface area contributed by atoms with E-state index in [1.807, 2.05) is 0 Å². The molecule has 0 aliphatic rings. The lowest BCUT2D eigenvalue weighted by Crippen LogP contribution is -2.15. The topological polar surface area (TPSA) is 83.8 Å². The Morgan fingerprint density at radius 1 is 1.38 bits per heavy atom. The van der Waals surface area contributed by atoms with E-state index in [9.17, 15) is 9.59 Å². The van der Waals surface area contributed by atoms with Gasteiger partial charge in [0.15, 0.2) is 0 Å². The van der Waals surface area contributed by atoms with Crippen LogP contribution in [0.15, 0.2) is 24.3 Å². The molecule has 1 unspecified atom stereocenters. The number of methoxy groups -OCH3 is 1. The van der Waals surface area contributed by atoms with Gasteiger partial charge in [-0.15, -0.1) is 0 Å². The molecular weight excluding hydrogens is 212 g/mol. The van der Waals surface area contributed by atoms with Crippen LogP contribution in [0.1, 0.15) is 17.9 Å². The summed E-state index contributed by atoms with van der Waals surface area (Å²) in [5.41, 5.74) is 0.425. The van der Waals surface area contributed by atoms with Gasteiger partial charge in [0.25, 0.3) is 0 Å². The van der Waals surface area contributed by atoms with E-state index in [1.165, 1.54) is 13.2 Å². The minimum Gasteiger partial charge on any atom is -0.497 e. The van der Waals surface area contributed by atoms with Crippen molar-refractivity contribution in [1.29, 1.82) is 0 Å². The summed E-state index contributed by atoms with van der Waals surface area (Å²) in [7, 11) is 1.46. The molecule has 0 amide bonds. The molecular formula is C11H12O5. The Balaban J connectivity index is 3.00. The van der Waals surface area contributed by atoms with Gasteiger partial charge in [-0.2, -0.15) is 0 Å². The number of ether oxygens (including phenoxy) is 1. The van der Waals surface area contributed by atoms with Crippen LogP contribution in [0, 0.1) is 0 Å². The van der Waals surface area contributed by atoms with E-state index in [2.05, 4.69) is 0 Å². The summed E-state index contributed by atoms with van der Waals surface area (Å²) >= 11 is 0. The molecule has 0 spiro atoms. The number of carboxylic acid groups (broad SMARTS) is 2. The van der Waals surface area contributed by atoms with Crippen LogP contribution in [-0.2, 0) is 9.59 Å². The van der Waals surface area contributed by atoms with Gasteiger partial charge in [0.05, 0.1) is 19.4 Å². The Morgan fingerprint density at radius 2 is 2.06 bits per heavy atom. The molecule has 0 radical (unpaired) electrons. The highest BCUT2D eigenvalue weighted by molar-refractivity contribution is 5.82. The molecule has 86 valence electrons. The second kappa shape index (κ2) is 5.16. The van der Waals surface area contributed by atoms with Gasteiger partial charge in [-0.05, 0) is 17.7 Å². The van der Waals surface area contributed by atoms with E-state index in [0.717, 1.165) is 0 Å². The predicted molar refractivity (Wildman–Crippen MR) is 55.6 cm³/mol. The van der Waals surface area contributed by atoms with Crippen LogP contribution < -0.4 is 4.74 Å². The van der Waals surface area contributed by atoms with Crippen LogP contribution in [0.2, 0.25) is 0 Å². The maximum atomic E-state index is 10.9. The molecule has 1 rings (SSSR count). The van der Waals surface area contributed by atoms with Crippen LogP contribution in [0.5, 0.6) is 5.75 Å². The first-order valence-electron chi connectivity index (χ1n) is 4.63. The molecule has 0 aliphatic heterocycles. The summed E-state index contributed by atoms with van der Waals surface area (Å²) < 4.78 is 4.95. The molecule has 1 aromatic carbocycles. The Hall–Kier alpha value is -2.04. The third-order valence-corrected chi connectivity index (χ3v) is 2.17. The minimum absolute atomic E-state index is 0.425. The summed E-state index contributed by atoms with van der Waals surface area (Å²) in [6.45, 7) is 0. The largest absolute Gasteiger partial charge is 0.497 e. The monoisotopic (exact) mass is 224 g/mol. The number of aliphatic carboxylic acids is 2. The molecule has 0 heterocycles. The molecule has 5 nitrogen and oxygen atoms in total. The van der Waals surface area contributed by atoms with E-state index in [-0.39, 0.29) is 0 Å². The lowest BCUT2D eigenvalue weighted by Gasteiger charge is -2.11. The molecule has 16 heavy (non-hydrogen) atoms. The fourth-order valence-electron chi connectivity index (χ4n) is 1.38. The van der Waals surface area contributed by atoms with Crippen molar-refractivity contribution in [2.45, 2.75) is 12.3 Å². The van der Waals surface area contributed by atoms with Gasteiger partial charge in [0.2, 0.25) is 0 Å². The fourth-order valence-corrected chi connectivity index (χ4v) is 1.38. The number of carboxylic acids is 2. The van der Waals surface area contributed by atoms with E-state index in [1.54, 1.807) is 18.2 Å². The van der Waals surface area contributed by atoms with E-state index >= 15 is 0 Å². The number of hydrogen-bond donors (Lipinski definition) is 2. The zero-order valence-electron chi connectivity index (χ0n) is 8.71. The molecule has 1 aromatic rings. The SMILES string of the molecule is COc1cccc(C(CC(=O)O)C(=O)O)c1. The van der Waals surface area contributed by atoms with Crippen molar-refractivity contribution in [3.63, 3.8) is 0 Å². The van der Waals surface area contributed by atoms with Crippen molar-refractivity contribution in [3.05, 3.63) is 29.8 Å². The zero-order valence-corrected chi connectivity index (χ0v) is 8.71. The predicted octanol–water partition coefficient (Wildman–Crippen LogP) is 1.34. The summed E-state index contributed by atoms with van der Waals surface area (Å²) in [4.78, 5) is 21.5. The highest BCUT2D eigenvalue weighted by Gasteiger charge is 2.23. The summed E-state index contributed by atoms with van der Waals surface area (Å²) in [5.74, 6) is -2.84. The van der Waals surface area contributed by atoms with Crippen molar-refractivity contribution < 1.29 is 24.5 Å². The second-order valence-corrected chi connectivity index (χ2v) is 3.27. The first-order valence-corrected chi connectivity index (χ1v) is 4.63. The third-order valence-electron chi connectivity index (χ3n) is 2.17. The summed E-state index contributed by atoms with van der Waals surface area (Å²) in [6, 6.07) is 6.40. The molecule has 2 N–H and O–H groups in total. The average Bonchev–Trinajstić information content (AvgIpc) is 2.25. The standard InChI is InChI=1S/C11H12O5/c1-16-8-4-2-3-7(5-8)9(11(14)15)6-10(12)13/h2-5,9H,6H2,1H3,(H,12,13)(H,14,15). The van der Waals surface area contributed by atoms with Crippen LogP contribution in [0.4, 0.5) is 0 Å². The Bertz CT molecular complexity index is 399. The van der Waals surface area contributed by atoms with Crippen molar-refractivity contribution in [2.24, 2.45) is 0 Å². The summed E-state index contributed by atoms with van der Waals surface area (Å²) in [6.07, 6.45) is -0.442. The minimum atomic E-state index is -1.16. The van der Waals surface area contributed by atoms with E-state index in [0.29, 0.717) is 11.3 Å². The van der Waals surface area contributed by atoms with E-state index in [4.69, 9.17) is 14.9 Å². The fraction of sp³-hybridized carbons (Fsp3) is 0.273. The Kier molecular flexibility index (Phi) is 3.88. The van der Waals surface area contributed by atoms with Crippen LogP contribution in [0.25, 0.3) is 0 Å². The van der Waals surface area contributed by atoms with Gasteiger partial charge in [-0.3, -0.25) is 9.59 Å². The lowest BCUT2D eigenvalue weighted by atomic mass is 9.96. The maximum Gasteiger partial charge on any atom is 0.311 e. The van der Waals surface area contributed by atoms with Gasteiger partial charge < -0.3 is 14.9 Å². The van der Waals surface area contributed by atoms with Crippen LogP contribution >= 0.6 is 0 Å². The van der Waals surface area contributed by atoms with Crippen molar-refractivity contribution >= 4 is 11.9 Å². The molecule has 0 fully saturated rings. The van der Waals surface area contributed by atoms with Crippen molar-refractivity contribution in [3.8, 4) is 5.75 Å². The van der Waals surface area contributed by atoms with Gasteiger partial charge in [-0.25, -0.2) is 0 Å². The number of rotatable bonds is 5. The van der Waals surface area contributed by atoms with Crippen LogP contribution in [-0.4, -0.2) is 29.3 Å². The molecule has 5 heteroatoms. The molecule has 0 bridgehead atoms. The highest BCUT2D eigenvalue weighted by atomic mass is 16.5.